The average molecular weight is 597 g/mol. The molecule has 6 nitrogen and oxygen atoms in total. The number of carbonyl (C=O) groups excluding carboxylic acids is 2. The van der Waals surface area contributed by atoms with Gasteiger partial charge in [-0.3, -0.25) is 14.4 Å². The molecule has 210 valence electrons. The van der Waals surface area contributed by atoms with E-state index in [1.165, 1.54) is 0 Å². The third kappa shape index (κ3) is 5.56. The molecule has 1 amide bonds. The number of nitrogens with one attached hydrogen (secondary N) is 2. The van der Waals surface area contributed by atoms with Crippen LogP contribution >= 0.6 is 23.2 Å². The SMILES string of the molecule is O=C(c1ccccc1)c1cc(Cl)ccc1NC(=O)[C@H]1CCCN(c2c(-c3ccccc3)c3cc(Cl)ccc3[nH]c2=O)C1. The Morgan fingerprint density at radius 3 is 2.31 bits per heavy atom. The number of piperidine rings is 1. The Bertz CT molecular complexity index is 1860. The second kappa shape index (κ2) is 11.8. The van der Waals surface area contributed by atoms with Gasteiger partial charge in [0.15, 0.2) is 5.78 Å². The van der Waals surface area contributed by atoms with Crippen molar-refractivity contribution in [2.24, 2.45) is 5.92 Å². The van der Waals surface area contributed by atoms with E-state index >= 15 is 0 Å². The number of rotatable bonds is 6. The number of hydrogen-bond donors (Lipinski definition) is 2. The summed E-state index contributed by atoms with van der Waals surface area (Å²) in [4.78, 5) is 45.5. The molecule has 8 heteroatoms. The number of anilines is 2. The topological polar surface area (TPSA) is 82.3 Å². The number of H-pyrrole nitrogens is 1. The number of fused-ring (bicyclic) bond motifs is 1. The number of nitrogens with zero attached hydrogens (tertiary/aromatic N) is 1. The first-order chi connectivity index (χ1) is 20.4. The number of benzene rings is 4. The fourth-order valence-electron chi connectivity index (χ4n) is 5.64. The van der Waals surface area contributed by atoms with Crippen molar-refractivity contribution in [1.82, 2.24) is 4.98 Å². The Morgan fingerprint density at radius 1 is 0.857 bits per heavy atom. The second-order valence-electron chi connectivity index (χ2n) is 10.4. The molecule has 1 aliphatic rings. The van der Waals surface area contributed by atoms with Crippen LogP contribution in [0.25, 0.3) is 22.0 Å². The van der Waals surface area contributed by atoms with E-state index in [1.807, 2.05) is 53.4 Å². The van der Waals surface area contributed by atoms with Crippen LogP contribution in [0.5, 0.6) is 0 Å². The quantitative estimate of drug-likeness (QED) is 0.198. The van der Waals surface area contributed by atoms with Gasteiger partial charge in [0.25, 0.3) is 5.56 Å². The average Bonchev–Trinajstić information content (AvgIpc) is 3.02. The molecule has 5 aromatic rings. The molecule has 1 aromatic heterocycles. The van der Waals surface area contributed by atoms with Crippen molar-refractivity contribution in [3.8, 4) is 11.1 Å². The van der Waals surface area contributed by atoms with Crippen LogP contribution in [0.15, 0.2) is 102 Å². The van der Waals surface area contributed by atoms with Gasteiger partial charge in [0.05, 0.1) is 11.6 Å². The van der Waals surface area contributed by atoms with Crippen LogP contribution in [0.1, 0.15) is 28.8 Å². The molecule has 1 saturated heterocycles. The number of amides is 1. The molecule has 1 atom stereocenters. The zero-order valence-electron chi connectivity index (χ0n) is 22.6. The molecule has 0 radical (unpaired) electrons. The monoisotopic (exact) mass is 595 g/mol. The number of halogens is 2. The Morgan fingerprint density at radius 2 is 1.55 bits per heavy atom. The van der Waals surface area contributed by atoms with Crippen molar-refractivity contribution in [2.45, 2.75) is 12.8 Å². The lowest BCUT2D eigenvalue weighted by Gasteiger charge is -2.34. The Balaban J connectivity index is 1.33. The lowest BCUT2D eigenvalue weighted by Crippen LogP contribution is -2.43. The number of aromatic nitrogens is 1. The minimum atomic E-state index is -0.410. The molecule has 42 heavy (non-hydrogen) atoms. The fourth-order valence-corrected chi connectivity index (χ4v) is 5.99. The van der Waals surface area contributed by atoms with E-state index in [9.17, 15) is 14.4 Å². The molecule has 0 spiro atoms. The Kier molecular flexibility index (Phi) is 7.83. The van der Waals surface area contributed by atoms with Gasteiger partial charge in [-0.2, -0.15) is 0 Å². The second-order valence-corrected chi connectivity index (χ2v) is 11.3. The molecule has 1 aliphatic heterocycles. The fraction of sp³-hybridized carbons (Fsp3) is 0.147. The maximum Gasteiger partial charge on any atom is 0.272 e. The van der Waals surface area contributed by atoms with E-state index in [4.69, 9.17) is 23.2 Å². The molecular formula is C34H27Cl2N3O3. The lowest BCUT2D eigenvalue weighted by molar-refractivity contribution is -0.120. The largest absolute Gasteiger partial charge is 0.366 e. The van der Waals surface area contributed by atoms with E-state index in [0.29, 0.717) is 57.6 Å². The van der Waals surface area contributed by atoms with Crippen LogP contribution in [0.4, 0.5) is 11.4 Å². The molecular weight excluding hydrogens is 569 g/mol. The highest BCUT2D eigenvalue weighted by molar-refractivity contribution is 6.32. The molecule has 0 unspecified atom stereocenters. The van der Waals surface area contributed by atoms with Gasteiger partial charge in [-0.1, -0.05) is 83.9 Å². The Hall–Kier alpha value is -4.39. The van der Waals surface area contributed by atoms with E-state index in [1.54, 1.807) is 48.5 Å². The van der Waals surface area contributed by atoms with Gasteiger partial charge in [0, 0.05) is 50.7 Å². The van der Waals surface area contributed by atoms with Crippen molar-refractivity contribution >= 4 is 57.2 Å². The lowest BCUT2D eigenvalue weighted by atomic mass is 9.93. The standard InChI is InChI=1S/C34H27Cl2N3O3/c35-24-13-15-28-26(18-24)30(21-8-3-1-4-9-21)31(34(42)38-28)39-17-7-12-23(20-39)33(41)37-29-16-14-25(36)19-27(29)32(40)22-10-5-2-6-11-22/h1-6,8-11,13-16,18-19,23H,7,12,17,20H2,(H,37,41)(H,38,42)/t23-/m0/s1. The van der Waals surface area contributed by atoms with E-state index in [2.05, 4.69) is 10.3 Å². The zero-order valence-corrected chi connectivity index (χ0v) is 24.1. The highest BCUT2D eigenvalue weighted by Crippen LogP contribution is 2.37. The van der Waals surface area contributed by atoms with Gasteiger partial charge < -0.3 is 15.2 Å². The van der Waals surface area contributed by atoms with Crippen molar-refractivity contribution in [2.75, 3.05) is 23.3 Å². The Labute approximate surface area is 252 Å². The van der Waals surface area contributed by atoms with Crippen LogP contribution in [0, 0.1) is 5.92 Å². The number of pyridine rings is 1. The summed E-state index contributed by atoms with van der Waals surface area (Å²) in [5.74, 6) is -0.856. The van der Waals surface area contributed by atoms with Gasteiger partial charge >= 0.3 is 0 Å². The minimum Gasteiger partial charge on any atom is -0.366 e. The van der Waals surface area contributed by atoms with Gasteiger partial charge in [0.1, 0.15) is 5.69 Å². The van der Waals surface area contributed by atoms with Crippen molar-refractivity contribution in [3.63, 3.8) is 0 Å². The van der Waals surface area contributed by atoms with E-state index < -0.39 is 5.92 Å². The first-order valence-electron chi connectivity index (χ1n) is 13.7. The third-order valence-electron chi connectivity index (χ3n) is 7.64. The van der Waals surface area contributed by atoms with Crippen LogP contribution < -0.4 is 15.8 Å². The molecule has 2 N–H and O–H groups in total. The summed E-state index contributed by atoms with van der Waals surface area (Å²) in [7, 11) is 0. The molecule has 0 bridgehead atoms. The maximum atomic E-state index is 13.7. The zero-order chi connectivity index (χ0) is 29.2. The summed E-state index contributed by atoms with van der Waals surface area (Å²) in [6.07, 6.45) is 1.37. The van der Waals surface area contributed by atoms with Gasteiger partial charge in [-0.15, -0.1) is 0 Å². The number of ketones is 1. The molecule has 2 heterocycles. The molecule has 1 fully saturated rings. The highest BCUT2D eigenvalue weighted by Gasteiger charge is 2.30. The van der Waals surface area contributed by atoms with Crippen molar-refractivity contribution < 1.29 is 9.59 Å². The smallest absolute Gasteiger partial charge is 0.272 e. The summed E-state index contributed by atoms with van der Waals surface area (Å²) < 4.78 is 0. The van der Waals surface area contributed by atoms with Crippen LogP contribution in [-0.4, -0.2) is 29.8 Å². The van der Waals surface area contributed by atoms with Gasteiger partial charge in [-0.25, -0.2) is 0 Å². The van der Waals surface area contributed by atoms with Crippen LogP contribution in [-0.2, 0) is 4.79 Å². The summed E-state index contributed by atoms with van der Waals surface area (Å²) in [6, 6.07) is 28.9. The number of aromatic amines is 1. The van der Waals surface area contributed by atoms with E-state index in [0.717, 1.165) is 22.9 Å². The first-order valence-corrected chi connectivity index (χ1v) is 14.5. The maximum absolute atomic E-state index is 13.7. The molecule has 0 saturated carbocycles. The van der Waals surface area contributed by atoms with E-state index in [-0.39, 0.29) is 17.2 Å². The molecule has 4 aromatic carbocycles. The minimum absolute atomic E-state index is 0.217. The summed E-state index contributed by atoms with van der Waals surface area (Å²) >= 11 is 12.6. The highest BCUT2D eigenvalue weighted by atomic mass is 35.5. The first kappa shape index (κ1) is 27.8. The number of hydrogen-bond acceptors (Lipinski definition) is 4. The molecule has 6 rings (SSSR count). The van der Waals surface area contributed by atoms with Gasteiger partial charge in [0.2, 0.25) is 5.91 Å². The predicted molar refractivity (Wildman–Crippen MR) is 170 cm³/mol. The van der Waals surface area contributed by atoms with Crippen molar-refractivity contribution in [3.05, 3.63) is 129 Å². The number of carbonyl (C=O) groups is 2. The van der Waals surface area contributed by atoms with Crippen LogP contribution in [0.2, 0.25) is 10.0 Å². The summed E-state index contributed by atoms with van der Waals surface area (Å²) in [5.41, 5.74) is 3.88. The van der Waals surface area contributed by atoms with Crippen molar-refractivity contribution in [1.29, 1.82) is 0 Å². The summed E-state index contributed by atoms with van der Waals surface area (Å²) in [6.45, 7) is 0.966. The third-order valence-corrected chi connectivity index (χ3v) is 8.11. The predicted octanol–water partition coefficient (Wildman–Crippen LogP) is 7.59. The summed E-state index contributed by atoms with van der Waals surface area (Å²) in [5, 5.41) is 4.78. The van der Waals surface area contributed by atoms with Crippen LogP contribution in [0.3, 0.4) is 0 Å². The normalized spacial score (nSPS) is 15.0. The molecule has 0 aliphatic carbocycles. The van der Waals surface area contributed by atoms with Gasteiger partial charge in [-0.05, 0) is 54.8 Å².